The molecule has 21 heavy (non-hydrogen) atoms. The highest BCUT2D eigenvalue weighted by molar-refractivity contribution is 9.10. The molecule has 0 radical (unpaired) electrons. The molecular formula is C16H10BrClFNO. The molecule has 0 N–H and O–H groups in total. The number of hydrogen-bond donors (Lipinski definition) is 0. The lowest BCUT2D eigenvalue weighted by Crippen LogP contribution is -2.14. The monoisotopic (exact) mass is 365 g/mol. The van der Waals surface area contributed by atoms with E-state index in [2.05, 4.69) is 15.9 Å². The third-order valence-corrected chi connectivity index (χ3v) is 3.97. The summed E-state index contributed by atoms with van der Waals surface area (Å²) in [4.78, 5) is 12.6. The van der Waals surface area contributed by atoms with Gasteiger partial charge in [-0.3, -0.25) is 4.79 Å². The van der Waals surface area contributed by atoms with Crippen molar-refractivity contribution < 1.29 is 9.18 Å². The van der Waals surface area contributed by atoms with Crippen molar-refractivity contribution in [1.29, 1.82) is 5.26 Å². The van der Waals surface area contributed by atoms with E-state index >= 15 is 0 Å². The first-order chi connectivity index (χ1) is 9.95. The molecule has 2 nitrogen and oxygen atoms in total. The van der Waals surface area contributed by atoms with Crippen LogP contribution >= 0.6 is 27.5 Å². The van der Waals surface area contributed by atoms with Crippen molar-refractivity contribution in [3.8, 4) is 6.07 Å². The van der Waals surface area contributed by atoms with Gasteiger partial charge in [0, 0.05) is 20.6 Å². The number of hydrogen-bond acceptors (Lipinski definition) is 2. The lowest BCUT2D eigenvalue weighted by molar-refractivity contribution is 0.0977. The zero-order chi connectivity index (χ0) is 15.6. The van der Waals surface area contributed by atoms with Gasteiger partial charge in [0.05, 0.1) is 6.07 Å². The first kappa shape index (κ1) is 15.7. The normalized spacial score (nSPS) is 11.8. The van der Waals surface area contributed by atoms with E-state index in [1.165, 1.54) is 18.2 Å². The van der Waals surface area contributed by atoms with E-state index in [4.69, 9.17) is 11.6 Å². The number of nitriles is 1. The van der Waals surface area contributed by atoms with E-state index in [9.17, 15) is 14.4 Å². The van der Waals surface area contributed by atoms with Crippen LogP contribution in [0, 0.1) is 24.1 Å². The lowest BCUT2D eigenvalue weighted by atomic mass is 9.89. The van der Waals surface area contributed by atoms with Gasteiger partial charge in [-0.05, 0) is 36.8 Å². The SMILES string of the molecule is Cc1ccc(Br)cc1C(=O)C(C#N)c1c(F)cccc1Cl. The van der Waals surface area contributed by atoms with Gasteiger partial charge >= 0.3 is 0 Å². The Labute approximate surface area is 135 Å². The zero-order valence-electron chi connectivity index (χ0n) is 11.0. The van der Waals surface area contributed by atoms with Gasteiger partial charge in [0.1, 0.15) is 11.7 Å². The van der Waals surface area contributed by atoms with E-state index in [1.807, 2.05) is 6.07 Å². The van der Waals surface area contributed by atoms with Crippen LogP contribution in [0.2, 0.25) is 5.02 Å². The maximum absolute atomic E-state index is 13.9. The van der Waals surface area contributed by atoms with Crippen molar-refractivity contribution in [2.45, 2.75) is 12.8 Å². The fourth-order valence-corrected chi connectivity index (χ4v) is 2.69. The zero-order valence-corrected chi connectivity index (χ0v) is 13.4. The van der Waals surface area contributed by atoms with Crippen LogP contribution < -0.4 is 0 Å². The molecule has 0 aliphatic heterocycles. The van der Waals surface area contributed by atoms with Gasteiger partial charge in [0.2, 0.25) is 0 Å². The first-order valence-corrected chi connectivity index (χ1v) is 7.26. The largest absolute Gasteiger partial charge is 0.292 e. The van der Waals surface area contributed by atoms with E-state index < -0.39 is 17.5 Å². The van der Waals surface area contributed by atoms with E-state index in [0.29, 0.717) is 10.0 Å². The summed E-state index contributed by atoms with van der Waals surface area (Å²) in [7, 11) is 0. The summed E-state index contributed by atoms with van der Waals surface area (Å²) in [5.41, 5.74) is 1.01. The number of rotatable bonds is 3. The standard InChI is InChI=1S/C16H10BrClFNO/c1-9-5-6-10(17)7-11(9)16(21)12(8-20)15-13(18)3-2-4-14(15)19/h2-7,12H,1H3. The Morgan fingerprint density at radius 2 is 2.10 bits per heavy atom. The quantitative estimate of drug-likeness (QED) is 0.714. The Morgan fingerprint density at radius 3 is 2.71 bits per heavy atom. The summed E-state index contributed by atoms with van der Waals surface area (Å²) >= 11 is 9.24. The molecule has 0 heterocycles. The highest BCUT2D eigenvalue weighted by atomic mass is 79.9. The molecule has 0 aliphatic carbocycles. The Bertz CT molecular complexity index is 734. The molecular weight excluding hydrogens is 357 g/mol. The lowest BCUT2D eigenvalue weighted by Gasteiger charge is -2.13. The molecule has 5 heteroatoms. The summed E-state index contributed by atoms with van der Waals surface area (Å²) < 4.78 is 14.7. The Kier molecular flexibility index (Phi) is 4.76. The summed E-state index contributed by atoms with van der Waals surface area (Å²) in [6.45, 7) is 1.76. The van der Waals surface area contributed by atoms with Crippen LogP contribution in [0.3, 0.4) is 0 Å². The number of aryl methyl sites for hydroxylation is 1. The average Bonchev–Trinajstić information content (AvgIpc) is 2.45. The van der Waals surface area contributed by atoms with Gasteiger partial charge < -0.3 is 0 Å². The Morgan fingerprint density at radius 1 is 1.38 bits per heavy atom. The molecule has 0 bridgehead atoms. The minimum Gasteiger partial charge on any atom is -0.292 e. The number of ketones is 1. The number of benzene rings is 2. The molecule has 106 valence electrons. The van der Waals surface area contributed by atoms with Crippen molar-refractivity contribution in [3.63, 3.8) is 0 Å². The molecule has 0 saturated heterocycles. The van der Waals surface area contributed by atoms with Gasteiger partial charge in [-0.25, -0.2) is 4.39 Å². The van der Waals surface area contributed by atoms with Gasteiger partial charge in [-0.1, -0.05) is 39.7 Å². The smallest absolute Gasteiger partial charge is 0.184 e. The topological polar surface area (TPSA) is 40.9 Å². The van der Waals surface area contributed by atoms with Crippen LogP contribution in [-0.4, -0.2) is 5.78 Å². The summed E-state index contributed by atoms with van der Waals surface area (Å²) in [6, 6.07) is 11.1. The van der Waals surface area contributed by atoms with Crippen molar-refractivity contribution in [1.82, 2.24) is 0 Å². The third kappa shape index (κ3) is 3.15. The van der Waals surface area contributed by atoms with E-state index in [0.717, 1.165) is 5.56 Å². The molecule has 0 saturated carbocycles. The van der Waals surface area contributed by atoms with Gasteiger partial charge in [-0.15, -0.1) is 0 Å². The molecule has 1 unspecified atom stereocenters. The predicted molar refractivity (Wildman–Crippen MR) is 83.0 cm³/mol. The molecule has 0 aromatic heterocycles. The predicted octanol–water partition coefficient (Wildman–Crippen LogP) is 5.04. The molecule has 0 spiro atoms. The highest BCUT2D eigenvalue weighted by Crippen LogP contribution is 2.31. The molecule has 2 rings (SSSR count). The van der Waals surface area contributed by atoms with E-state index in [1.54, 1.807) is 25.1 Å². The van der Waals surface area contributed by atoms with Crippen molar-refractivity contribution >= 4 is 33.3 Å². The second-order valence-corrected chi connectivity index (χ2v) is 5.84. The maximum atomic E-state index is 13.9. The van der Waals surface area contributed by atoms with Crippen LogP contribution in [0.1, 0.15) is 27.4 Å². The highest BCUT2D eigenvalue weighted by Gasteiger charge is 2.28. The molecule has 1 atom stereocenters. The number of nitrogens with zero attached hydrogens (tertiary/aromatic N) is 1. The molecule has 2 aromatic carbocycles. The van der Waals surface area contributed by atoms with Gasteiger partial charge in [-0.2, -0.15) is 5.26 Å². The number of carbonyl (C=O) groups excluding carboxylic acids is 1. The van der Waals surface area contributed by atoms with Crippen molar-refractivity contribution in [2.24, 2.45) is 0 Å². The molecule has 2 aromatic rings. The van der Waals surface area contributed by atoms with Crippen molar-refractivity contribution in [3.05, 3.63) is 68.4 Å². The molecule has 0 fully saturated rings. The Hall–Kier alpha value is -1.70. The van der Waals surface area contributed by atoms with Gasteiger partial charge in [0.25, 0.3) is 0 Å². The number of carbonyl (C=O) groups is 1. The first-order valence-electron chi connectivity index (χ1n) is 6.09. The van der Waals surface area contributed by atoms with Gasteiger partial charge in [0.15, 0.2) is 5.78 Å². The minimum atomic E-state index is -1.27. The summed E-state index contributed by atoms with van der Waals surface area (Å²) in [5, 5.41) is 9.38. The number of Topliss-reactive ketones (excluding diaryl/α,β-unsaturated/α-hetero) is 1. The van der Waals surface area contributed by atoms with Crippen LogP contribution in [-0.2, 0) is 0 Å². The van der Waals surface area contributed by atoms with Crippen LogP contribution in [0.15, 0.2) is 40.9 Å². The van der Waals surface area contributed by atoms with Crippen LogP contribution in [0.5, 0.6) is 0 Å². The fourth-order valence-electron chi connectivity index (χ4n) is 2.06. The van der Waals surface area contributed by atoms with Crippen LogP contribution in [0.25, 0.3) is 0 Å². The van der Waals surface area contributed by atoms with Crippen molar-refractivity contribution in [2.75, 3.05) is 0 Å². The number of halogens is 3. The minimum absolute atomic E-state index is 0.0718. The van der Waals surface area contributed by atoms with Crippen LogP contribution in [0.4, 0.5) is 4.39 Å². The Balaban J connectivity index is 2.55. The maximum Gasteiger partial charge on any atom is 0.184 e. The summed E-state index contributed by atoms with van der Waals surface area (Å²) in [6.07, 6.45) is 0. The summed E-state index contributed by atoms with van der Waals surface area (Å²) in [5.74, 6) is -2.40. The van der Waals surface area contributed by atoms with E-state index in [-0.39, 0.29) is 10.6 Å². The second kappa shape index (κ2) is 6.38. The molecule has 0 aliphatic rings. The third-order valence-electron chi connectivity index (χ3n) is 3.14. The fraction of sp³-hybridized carbons (Fsp3) is 0.125. The molecule has 0 amide bonds. The average molecular weight is 367 g/mol. The second-order valence-electron chi connectivity index (χ2n) is 4.52.